The number of aromatic nitrogens is 4. The molecule has 2 aromatic heterocycles. The molecule has 0 radical (unpaired) electrons. The number of anilines is 4. The number of benzene rings is 1. The molecule has 0 atom stereocenters. The zero-order chi connectivity index (χ0) is 18.8. The molecule has 0 aliphatic carbocycles. The molecule has 0 aliphatic rings. The second-order valence-corrected chi connectivity index (χ2v) is 5.20. The van der Waals surface area contributed by atoms with Gasteiger partial charge in [0.05, 0.1) is 17.7 Å². The zero-order valence-corrected chi connectivity index (χ0v) is 13.8. The maximum Gasteiger partial charge on any atom is 0.307 e. The van der Waals surface area contributed by atoms with Gasteiger partial charge in [-0.2, -0.15) is 14.5 Å². The number of nitro benzene ring substituents is 1. The van der Waals surface area contributed by atoms with Crippen LogP contribution in [0.15, 0.2) is 36.7 Å². The molecule has 2 N–H and O–H groups in total. The lowest BCUT2D eigenvalue weighted by atomic mass is 10.2. The predicted octanol–water partition coefficient (Wildman–Crippen LogP) is 2.32. The van der Waals surface area contributed by atoms with E-state index in [-0.39, 0.29) is 23.2 Å². The lowest BCUT2D eigenvalue weighted by molar-refractivity contribution is -0.387. The van der Waals surface area contributed by atoms with Gasteiger partial charge in [-0.15, -0.1) is 0 Å². The number of rotatable bonds is 5. The summed E-state index contributed by atoms with van der Waals surface area (Å²) in [6.45, 7) is 0. The quantitative estimate of drug-likeness (QED) is 0.543. The Hall–Kier alpha value is -3.76. The first-order chi connectivity index (χ1) is 12.4. The maximum atomic E-state index is 14.0. The third-order valence-electron chi connectivity index (χ3n) is 3.48. The van der Waals surface area contributed by atoms with Crippen LogP contribution < -0.4 is 15.4 Å². The average Bonchev–Trinajstić information content (AvgIpc) is 3.01. The highest BCUT2D eigenvalue weighted by molar-refractivity contribution is 5.77. The molecule has 10 nitrogen and oxygen atoms in total. The van der Waals surface area contributed by atoms with Crippen LogP contribution in [0, 0.1) is 15.9 Å². The van der Waals surface area contributed by atoms with Gasteiger partial charge in [-0.05, 0) is 6.07 Å². The summed E-state index contributed by atoms with van der Waals surface area (Å²) in [4.78, 5) is 20.0. The summed E-state index contributed by atoms with van der Waals surface area (Å²) in [7, 11) is 3.02. The van der Waals surface area contributed by atoms with Crippen molar-refractivity contribution in [2.75, 3.05) is 17.7 Å². The van der Waals surface area contributed by atoms with Gasteiger partial charge in [-0.3, -0.25) is 19.7 Å². The van der Waals surface area contributed by atoms with Gasteiger partial charge in [-0.1, -0.05) is 0 Å². The van der Waals surface area contributed by atoms with Gasteiger partial charge in [-0.25, -0.2) is 4.98 Å². The van der Waals surface area contributed by atoms with Crippen LogP contribution in [0.1, 0.15) is 0 Å². The molecule has 0 bridgehead atoms. The molecule has 1 aromatic carbocycles. The van der Waals surface area contributed by atoms with E-state index in [1.807, 2.05) is 0 Å². The number of nitrogens with two attached hydrogens (primary N) is 1. The number of nitrogens with zero attached hydrogens (tertiary/aromatic N) is 6. The maximum absolute atomic E-state index is 14.0. The highest BCUT2D eigenvalue weighted by atomic mass is 19.1. The Morgan fingerprint density at radius 1 is 1.38 bits per heavy atom. The molecule has 0 aliphatic heterocycles. The van der Waals surface area contributed by atoms with Gasteiger partial charge in [0.2, 0.25) is 11.8 Å². The van der Waals surface area contributed by atoms with Gasteiger partial charge >= 0.3 is 5.69 Å². The van der Waals surface area contributed by atoms with Crippen molar-refractivity contribution in [2.45, 2.75) is 0 Å². The molecular weight excluding hydrogens is 345 g/mol. The third-order valence-corrected chi connectivity index (χ3v) is 3.48. The Morgan fingerprint density at radius 3 is 2.73 bits per heavy atom. The summed E-state index contributed by atoms with van der Waals surface area (Å²) in [5.74, 6) is -0.346. The Labute approximate surface area is 146 Å². The number of aryl methyl sites for hydroxylation is 1. The number of halogens is 1. The molecular formula is C15H14FN7O3. The monoisotopic (exact) mass is 359 g/mol. The van der Waals surface area contributed by atoms with Crippen LogP contribution in [0.2, 0.25) is 0 Å². The fourth-order valence-electron chi connectivity index (χ4n) is 2.34. The number of nitrogen functional groups attached to an aromatic ring is 1. The van der Waals surface area contributed by atoms with E-state index in [2.05, 4.69) is 15.1 Å². The van der Waals surface area contributed by atoms with Crippen LogP contribution in [-0.4, -0.2) is 31.8 Å². The largest absolute Gasteiger partial charge is 0.494 e. The summed E-state index contributed by atoms with van der Waals surface area (Å²) in [5.41, 5.74) is 5.15. The molecule has 0 unspecified atom stereocenters. The van der Waals surface area contributed by atoms with Crippen molar-refractivity contribution in [1.82, 2.24) is 19.7 Å². The molecule has 2 heterocycles. The van der Waals surface area contributed by atoms with Crippen molar-refractivity contribution in [3.63, 3.8) is 0 Å². The summed E-state index contributed by atoms with van der Waals surface area (Å²) >= 11 is 0. The predicted molar refractivity (Wildman–Crippen MR) is 91.1 cm³/mol. The van der Waals surface area contributed by atoms with Gasteiger partial charge in [0.25, 0.3) is 0 Å². The van der Waals surface area contributed by atoms with Crippen LogP contribution in [0.5, 0.6) is 5.75 Å². The number of hydrogen-bond donors (Lipinski definition) is 1. The Bertz CT molecular complexity index is 976. The van der Waals surface area contributed by atoms with Gasteiger partial charge in [0.15, 0.2) is 5.82 Å². The van der Waals surface area contributed by atoms with Gasteiger partial charge in [0, 0.05) is 37.6 Å². The van der Waals surface area contributed by atoms with Crippen molar-refractivity contribution in [1.29, 1.82) is 0 Å². The van der Waals surface area contributed by atoms with E-state index in [4.69, 9.17) is 10.5 Å². The lowest BCUT2D eigenvalue weighted by Gasteiger charge is -2.22. The van der Waals surface area contributed by atoms with Crippen molar-refractivity contribution in [2.24, 2.45) is 7.05 Å². The van der Waals surface area contributed by atoms with Gasteiger partial charge < -0.3 is 10.5 Å². The summed E-state index contributed by atoms with van der Waals surface area (Å²) in [6, 6.07) is 5.09. The van der Waals surface area contributed by atoms with Crippen molar-refractivity contribution < 1.29 is 14.1 Å². The van der Waals surface area contributed by atoms with Crippen LogP contribution in [-0.2, 0) is 7.05 Å². The Balaban J connectivity index is 2.28. The second-order valence-electron chi connectivity index (χ2n) is 5.20. The van der Waals surface area contributed by atoms with Crippen LogP contribution in [0.25, 0.3) is 0 Å². The SMILES string of the molecule is COc1cc(F)c([N+](=O)[O-])cc1N(c1ccn(C)n1)c1nccc(N)n1. The topological polar surface area (TPSA) is 125 Å². The molecule has 0 amide bonds. The normalized spacial score (nSPS) is 10.6. The van der Waals surface area contributed by atoms with E-state index < -0.39 is 16.4 Å². The minimum Gasteiger partial charge on any atom is -0.494 e. The smallest absolute Gasteiger partial charge is 0.307 e. The minimum absolute atomic E-state index is 0.0461. The molecule has 26 heavy (non-hydrogen) atoms. The van der Waals surface area contributed by atoms with E-state index in [1.165, 1.54) is 29.0 Å². The molecule has 3 rings (SSSR count). The van der Waals surface area contributed by atoms with Crippen LogP contribution in [0.3, 0.4) is 0 Å². The van der Waals surface area contributed by atoms with Crippen LogP contribution >= 0.6 is 0 Å². The molecule has 0 spiro atoms. The fraction of sp³-hybridized carbons (Fsp3) is 0.133. The molecule has 0 saturated carbocycles. The molecule has 0 fully saturated rings. The van der Waals surface area contributed by atoms with E-state index in [0.717, 1.165) is 12.1 Å². The third kappa shape index (κ3) is 3.09. The zero-order valence-electron chi connectivity index (χ0n) is 13.8. The Kier molecular flexibility index (Phi) is 4.35. The number of methoxy groups -OCH3 is 1. The molecule has 3 aromatic rings. The van der Waals surface area contributed by atoms with E-state index in [0.29, 0.717) is 5.82 Å². The second kappa shape index (κ2) is 6.63. The highest BCUT2D eigenvalue weighted by Gasteiger charge is 2.27. The highest BCUT2D eigenvalue weighted by Crippen LogP contribution is 2.41. The first kappa shape index (κ1) is 17.1. The summed E-state index contributed by atoms with van der Waals surface area (Å²) in [6.07, 6.45) is 3.09. The fourth-order valence-corrected chi connectivity index (χ4v) is 2.34. The van der Waals surface area contributed by atoms with E-state index >= 15 is 0 Å². The number of ether oxygens (including phenoxy) is 1. The first-order valence-corrected chi connectivity index (χ1v) is 7.31. The molecule has 11 heteroatoms. The number of nitro groups is 1. The van der Waals surface area contributed by atoms with Gasteiger partial charge in [0.1, 0.15) is 11.6 Å². The molecule has 0 saturated heterocycles. The van der Waals surface area contributed by atoms with Crippen molar-refractivity contribution in [3.05, 3.63) is 52.6 Å². The summed E-state index contributed by atoms with van der Waals surface area (Å²) in [5, 5.41) is 15.4. The van der Waals surface area contributed by atoms with Crippen LogP contribution in [0.4, 0.5) is 33.3 Å². The van der Waals surface area contributed by atoms with E-state index in [1.54, 1.807) is 19.3 Å². The Morgan fingerprint density at radius 2 is 2.15 bits per heavy atom. The standard InChI is InChI=1S/C15H14FN7O3/c1-21-6-4-14(20-21)22(15-18-5-3-13(17)19-15)11-8-10(23(24)25)9(16)7-12(11)26-2/h3-8H,1-2H3,(H2,17,18,19). The number of hydrogen-bond acceptors (Lipinski definition) is 8. The lowest BCUT2D eigenvalue weighted by Crippen LogP contribution is -2.16. The minimum atomic E-state index is -1.02. The summed E-state index contributed by atoms with van der Waals surface area (Å²) < 4.78 is 20.7. The molecule has 134 valence electrons. The first-order valence-electron chi connectivity index (χ1n) is 7.31. The average molecular weight is 359 g/mol. The van der Waals surface area contributed by atoms with Crippen molar-refractivity contribution >= 4 is 29.0 Å². The van der Waals surface area contributed by atoms with E-state index in [9.17, 15) is 14.5 Å². The van der Waals surface area contributed by atoms with Crippen molar-refractivity contribution in [3.8, 4) is 5.75 Å².